The highest BCUT2D eigenvalue weighted by molar-refractivity contribution is 14.1. The van der Waals surface area contributed by atoms with Crippen molar-refractivity contribution in [3.8, 4) is 5.75 Å². The first kappa shape index (κ1) is 12.7. The number of phenolic OH excluding ortho intramolecular Hbond substituents is 1. The number of phenols is 1. The summed E-state index contributed by atoms with van der Waals surface area (Å²) in [6.45, 7) is 0. The van der Waals surface area contributed by atoms with Crippen LogP contribution in [-0.2, 0) is 0 Å². The van der Waals surface area contributed by atoms with Crippen LogP contribution in [0.3, 0.4) is 0 Å². The van der Waals surface area contributed by atoms with Gasteiger partial charge in [-0.2, -0.15) is 0 Å². The molecule has 0 bridgehead atoms. The van der Waals surface area contributed by atoms with Gasteiger partial charge in [0.05, 0.1) is 10.5 Å². The van der Waals surface area contributed by atoms with Crippen LogP contribution in [0.1, 0.15) is 10.4 Å². The van der Waals surface area contributed by atoms with Crippen molar-refractivity contribution < 1.29 is 14.8 Å². The van der Waals surface area contributed by atoms with Gasteiger partial charge in [0.2, 0.25) is 5.75 Å². The average Bonchev–Trinajstić information content (AvgIpc) is 2.19. The summed E-state index contributed by atoms with van der Waals surface area (Å²) in [4.78, 5) is 22.8. The molecule has 0 aliphatic carbocycles. The van der Waals surface area contributed by atoms with Crippen LogP contribution in [0.2, 0.25) is 0 Å². The standard InChI is InChI=1S/C9H9IN2O4/c1-11(2)9(14)6-3-5(10)4-7(8(6)13)12(15)16/h3-4,13H,1-2H3. The van der Waals surface area contributed by atoms with Crippen LogP contribution in [0.4, 0.5) is 5.69 Å². The SMILES string of the molecule is CN(C)C(=O)c1cc(I)cc([N+](=O)[O-])c1O. The molecule has 6 nitrogen and oxygen atoms in total. The van der Waals surface area contributed by atoms with E-state index in [0.29, 0.717) is 3.57 Å². The van der Waals surface area contributed by atoms with E-state index in [0.717, 1.165) is 0 Å². The van der Waals surface area contributed by atoms with Gasteiger partial charge in [-0.25, -0.2) is 0 Å². The molecular formula is C9H9IN2O4. The van der Waals surface area contributed by atoms with Crippen LogP contribution in [0.25, 0.3) is 0 Å². The van der Waals surface area contributed by atoms with Crippen LogP contribution in [0.15, 0.2) is 12.1 Å². The van der Waals surface area contributed by atoms with E-state index in [9.17, 15) is 20.0 Å². The lowest BCUT2D eigenvalue weighted by molar-refractivity contribution is -0.386. The number of rotatable bonds is 2. The van der Waals surface area contributed by atoms with Crippen LogP contribution in [0, 0.1) is 13.7 Å². The van der Waals surface area contributed by atoms with Crippen LogP contribution >= 0.6 is 22.6 Å². The molecule has 7 heteroatoms. The fraction of sp³-hybridized carbons (Fsp3) is 0.222. The van der Waals surface area contributed by atoms with E-state index >= 15 is 0 Å². The van der Waals surface area contributed by atoms with Crippen molar-refractivity contribution >= 4 is 34.2 Å². The fourth-order valence-corrected chi connectivity index (χ4v) is 1.73. The minimum atomic E-state index is -0.718. The third kappa shape index (κ3) is 2.40. The molecule has 0 heterocycles. The number of carbonyl (C=O) groups is 1. The summed E-state index contributed by atoms with van der Waals surface area (Å²) in [7, 11) is 3.01. The summed E-state index contributed by atoms with van der Waals surface area (Å²) in [5.74, 6) is -1.07. The maximum absolute atomic E-state index is 11.6. The van der Waals surface area contributed by atoms with Gasteiger partial charge >= 0.3 is 5.69 Å². The first-order valence-corrected chi connectivity index (χ1v) is 5.31. The lowest BCUT2D eigenvalue weighted by Gasteiger charge is -2.11. The molecule has 0 unspecified atom stereocenters. The van der Waals surface area contributed by atoms with Gasteiger partial charge < -0.3 is 10.0 Å². The number of halogens is 1. The van der Waals surface area contributed by atoms with Gasteiger partial charge in [0.25, 0.3) is 5.91 Å². The molecule has 86 valence electrons. The van der Waals surface area contributed by atoms with Gasteiger partial charge in [0, 0.05) is 23.7 Å². The molecule has 0 spiro atoms. The van der Waals surface area contributed by atoms with Crippen molar-refractivity contribution in [1.82, 2.24) is 4.90 Å². The summed E-state index contributed by atoms with van der Waals surface area (Å²) in [5, 5.41) is 20.2. The predicted octanol–water partition coefficient (Wildman–Crippen LogP) is 1.61. The number of benzene rings is 1. The molecule has 0 aromatic heterocycles. The van der Waals surface area contributed by atoms with E-state index in [1.807, 2.05) is 22.6 Å². The van der Waals surface area contributed by atoms with Crippen LogP contribution < -0.4 is 0 Å². The maximum Gasteiger partial charge on any atom is 0.312 e. The zero-order valence-electron chi connectivity index (χ0n) is 8.60. The summed E-state index contributed by atoms with van der Waals surface area (Å²) < 4.78 is 0.521. The Balaban J connectivity index is 3.41. The van der Waals surface area contributed by atoms with Crippen molar-refractivity contribution in [2.24, 2.45) is 0 Å². The monoisotopic (exact) mass is 336 g/mol. The second-order valence-corrected chi connectivity index (χ2v) is 4.52. The first-order chi connectivity index (χ1) is 7.34. The minimum absolute atomic E-state index is 0.0661. The third-order valence-electron chi connectivity index (χ3n) is 1.89. The highest BCUT2D eigenvalue weighted by Gasteiger charge is 2.23. The number of hydrogen-bond acceptors (Lipinski definition) is 4. The van der Waals surface area contributed by atoms with Gasteiger partial charge in [-0.1, -0.05) is 0 Å². The second-order valence-electron chi connectivity index (χ2n) is 3.28. The van der Waals surface area contributed by atoms with E-state index in [2.05, 4.69) is 0 Å². The summed E-state index contributed by atoms with van der Waals surface area (Å²) in [6.07, 6.45) is 0. The predicted molar refractivity (Wildman–Crippen MR) is 65.5 cm³/mol. The maximum atomic E-state index is 11.6. The molecule has 0 aliphatic heterocycles. The number of carbonyl (C=O) groups excluding carboxylic acids is 1. The molecule has 0 atom stereocenters. The van der Waals surface area contributed by atoms with E-state index in [1.165, 1.54) is 31.1 Å². The molecule has 1 aromatic rings. The van der Waals surface area contributed by atoms with Gasteiger partial charge in [0.15, 0.2) is 0 Å². The molecule has 1 rings (SSSR count). The zero-order chi connectivity index (χ0) is 12.5. The molecule has 0 fully saturated rings. The van der Waals surface area contributed by atoms with Crippen molar-refractivity contribution in [3.63, 3.8) is 0 Å². The topological polar surface area (TPSA) is 83.7 Å². The van der Waals surface area contributed by atoms with Crippen molar-refractivity contribution in [2.75, 3.05) is 14.1 Å². The van der Waals surface area contributed by atoms with E-state index in [1.54, 1.807) is 0 Å². The Hall–Kier alpha value is -1.38. The molecule has 16 heavy (non-hydrogen) atoms. The Bertz CT molecular complexity index is 459. The number of nitro benzene ring substituents is 1. The molecular weight excluding hydrogens is 327 g/mol. The Labute approximate surface area is 105 Å². The zero-order valence-corrected chi connectivity index (χ0v) is 10.8. The number of hydrogen-bond donors (Lipinski definition) is 1. The Morgan fingerprint density at radius 3 is 2.50 bits per heavy atom. The Kier molecular flexibility index (Phi) is 3.68. The van der Waals surface area contributed by atoms with Crippen molar-refractivity contribution in [3.05, 3.63) is 31.4 Å². The van der Waals surface area contributed by atoms with E-state index in [4.69, 9.17) is 0 Å². The summed E-state index contributed by atoms with van der Waals surface area (Å²) in [5.41, 5.74) is -0.527. The normalized spacial score (nSPS) is 9.94. The minimum Gasteiger partial charge on any atom is -0.502 e. The van der Waals surface area contributed by atoms with E-state index < -0.39 is 22.3 Å². The molecule has 1 aromatic carbocycles. The molecule has 0 saturated carbocycles. The molecule has 0 radical (unpaired) electrons. The largest absolute Gasteiger partial charge is 0.502 e. The Morgan fingerprint density at radius 2 is 2.06 bits per heavy atom. The third-order valence-corrected chi connectivity index (χ3v) is 2.51. The highest BCUT2D eigenvalue weighted by Crippen LogP contribution is 2.32. The quantitative estimate of drug-likeness (QED) is 0.505. The van der Waals surface area contributed by atoms with Crippen molar-refractivity contribution in [2.45, 2.75) is 0 Å². The number of nitrogens with zero attached hydrogens (tertiary/aromatic N) is 2. The van der Waals surface area contributed by atoms with Gasteiger partial charge in [-0.15, -0.1) is 0 Å². The van der Waals surface area contributed by atoms with Crippen LogP contribution in [0.5, 0.6) is 5.75 Å². The van der Waals surface area contributed by atoms with Gasteiger partial charge in [-0.05, 0) is 28.7 Å². The lowest BCUT2D eigenvalue weighted by Crippen LogP contribution is -2.22. The molecule has 1 amide bonds. The lowest BCUT2D eigenvalue weighted by atomic mass is 10.1. The highest BCUT2D eigenvalue weighted by atomic mass is 127. The summed E-state index contributed by atoms with van der Waals surface area (Å²) >= 11 is 1.85. The van der Waals surface area contributed by atoms with Gasteiger partial charge in [0.1, 0.15) is 0 Å². The number of aromatic hydroxyl groups is 1. The van der Waals surface area contributed by atoms with Crippen LogP contribution in [-0.4, -0.2) is 34.9 Å². The van der Waals surface area contributed by atoms with E-state index in [-0.39, 0.29) is 5.56 Å². The molecule has 1 N–H and O–H groups in total. The summed E-state index contributed by atoms with van der Waals surface area (Å²) in [6, 6.07) is 2.62. The average molecular weight is 336 g/mol. The number of nitro groups is 1. The van der Waals surface area contributed by atoms with Gasteiger partial charge in [-0.3, -0.25) is 14.9 Å². The second kappa shape index (κ2) is 4.64. The molecule has 0 aliphatic rings. The fourth-order valence-electron chi connectivity index (χ4n) is 1.13. The smallest absolute Gasteiger partial charge is 0.312 e. The Morgan fingerprint density at radius 1 is 1.50 bits per heavy atom. The number of amides is 1. The molecule has 0 saturated heterocycles. The van der Waals surface area contributed by atoms with Crippen molar-refractivity contribution in [1.29, 1.82) is 0 Å². The first-order valence-electron chi connectivity index (χ1n) is 4.23.